The number of fused-ring (bicyclic) bond motifs is 6. The summed E-state index contributed by atoms with van der Waals surface area (Å²) in [4.78, 5) is 31.2. The zero-order valence-electron chi connectivity index (χ0n) is 17.2. The molecule has 30 heavy (non-hydrogen) atoms. The number of carbonyl (C=O) groups excluding carboxylic acids is 2. The molecule has 2 N–H and O–H groups in total. The van der Waals surface area contributed by atoms with Crippen LogP contribution in [0.1, 0.15) is 17.7 Å². The summed E-state index contributed by atoms with van der Waals surface area (Å²) in [5, 5.41) is 7.55. The Morgan fingerprint density at radius 3 is 2.50 bits per heavy atom. The predicted octanol–water partition coefficient (Wildman–Crippen LogP) is 2.21. The number of rotatable bonds is 5. The molecule has 2 fully saturated rings. The van der Waals surface area contributed by atoms with E-state index in [9.17, 15) is 9.59 Å². The van der Waals surface area contributed by atoms with Gasteiger partial charge in [-0.1, -0.05) is 30.4 Å². The Hall–Kier alpha value is -3.09. The fourth-order valence-corrected chi connectivity index (χ4v) is 5.25. The highest BCUT2D eigenvalue weighted by atomic mass is 16.3. The lowest BCUT2D eigenvalue weighted by Gasteiger charge is -2.18. The molecule has 1 saturated heterocycles. The maximum Gasteiger partial charge on any atom is 0.233 e. The number of benzene rings is 1. The number of para-hydroxylation sites is 1. The number of carbonyl (C=O) groups is 2. The Bertz CT molecular complexity index is 1040. The molecule has 2 bridgehead atoms. The molecule has 2 heterocycles. The summed E-state index contributed by atoms with van der Waals surface area (Å²) < 4.78 is 5.93. The van der Waals surface area contributed by atoms with Crippen LogP contribution in [0, 0.1) is 30.6 Å². The standard InChI is InChI=1S/C23H26N4O3/c1-13-16-5-3-4-6-17(16)30-18(13)12-26-23(24-2)25-9-10-27-21(28)19-14-7-8-15(11-14)20(19)22(27)29/h3-8,14-15,19-20H,9-12H2,1-2H3,(H2,24,25,26). The largest absolute Gasteiger partial charge is 0.459 e. The van der Waals surface area contributed by atoms with Gasteiger partial charge in [0.1, 0.15) is 11.3 Å². The van der Waals surface area contributed by atoms with Gasteiger partial charge in [0.15, 0.2) is 5.96 Å². The molecule has 0 radical (unpaired) electrons. The first-order valence-corrected chi connectivity index (χ1v) is 10.5. The number of allylic oxidation sites excluding steroid dienone is 2. The molecule has 4 atom stereocenters. The molecule has 3 aliphatic rings. The first kappa shape index (κ1) is 18.9. The maximum absolute atomic E-state index is 12.8. The summed E-state index contributed by atoms with van der Waals surface area (Å²) in [6, 6.07) is 7.96. The van der Waals surface area contributed by atoms with Crippen molar-refractivity contribution in [2.45, 2.75) is 19.9 Å². The van der Waals surface area contributed by atoms with Crippen molar-refractivity contribution in [2.24, 2.45) is 28.7 Å². The summed E-state index contributed by atoms with van der Waals surface area (Å²) in [6.45, 7) is 3.36. The number of hydrogen-bond acceptors (Lipinski definition) is 4. The summed E-state index contributed by atoms with van der Waals surface area (Å²) in [6.07, 6.45) is 5.19. The topological polar surface area (TPSA) is 86.9 Å². The average Bonchev–Trinajstić information content (AvgIpc) is 3.50. The van der Waals surface area contributed by atoms with E-state index < -0.39 is 0 Å². The van der Waals surface area contributed by atoms with E-state index in [4.69, 9.17) is 4.42 Å². The van der Waals surface area contributed by atoms with Gasteiger partial charge in [0, 0.05) is 31.1 Å². The number of nitrogens with zero attached hydrogens (tertiary/aromatic N) is 2. The van der Waals surface area contributed by atoms with Gasteiger partial charge >= 0.3 is 0 Å². The van der Waals surface area contributed by atoms with Gasteiger partial charge in [0.25, 0.3) is 0 Å². The van der Waals surface area contributed by atoms with Crippen molar-refractivity contribution in [2.75, 3.05) is 20.1 Å². The average molecular weight is 406 g/mol. The second-order valence-corrected chi connectivity index (χ2v) is 8.33. The van der Waals surface area contributed by atoms with Gasteiger partial charge in [-0.25, -0.2) is 0 Å². The number of likely N-dealkylation sites (tertiary alicyclic amines) is 1. The second-order valence-electron chi connectivity index (χ2n) is 8.33. The van der Waals surface area contributed by atoms with E-state index in [0.29, 0.717) is 25.6 Å². The quantitative estimate of drug-likeness (QED) is 0.344. The first-order valence-electron chi connectivity index (χ1n) is 10.5. The van der Waals surface area contributed by atoms with Crippen LogP contribution in [-0.2, 0) is 16.1 Å². The summed E-state index contributed by atoms with van der Waals surface area (Å²) in [7, 11) is 1.70. The number of nitrogens with one attached hydrogen (secondary N) is 2. The third kappa shape index (κ3) is 2.91. The molecule has 7 nitrogen and oxygen atoms in total. The maximum atomic E-state index is 12.8. The van der Waals surface area contributed by atoms with Crippen LogP contribution in [0.3, 0.4) is 0 Å². The van der Waals surface area contributed by atoms with Crippen LogP contribution >= 0.6 is 0 Å². The monoisotopic (exact) mass is 406 g/mol. The molecule has 4 unspecified atom stereocenters. The van der Waals surface area contributed by atoms with Crippen LogP contribution in [0.2, 0.25) is 0 Å². The van der Waals surface area contributed by atoms with Crippen molar-refractivity contribution in [3.8, 4) is 0 Å². The van der Waals surface area contributed by atoms with E-state index in [1.807, 2.05) is 31.2 Å². The molecule has 1 aromatic carbocycles. The van der Waals surface area contributed by atoms with E-state index in [-0.39, 0.29) is 35.5 Å². The van der Waals surface area contributed by atoms with Crippen molar-refractivity contribution >= 4 is 28.7 Å². The lowest BCUT2D eigenvalue weighted by atomic mass is 9.85. The fourth-order valence-electron chi connectivity index (χ4n) is 5.25. The van der Waals surface area contributed by atoms with Gasteiger partial charge in [-0.3, -0.25) is 19.5 Å². The molecule has 1 saturated carbocycles. The number of aryl methyl sites for hydroxylation is 1. The smallest absolute Gasteiger partial charge is 0.233 e. The van der Waals surface area contributed by atoms with Crippen LogP contribution in [0.4, 0.5) is 0 Å². The highest BCUT2D eigenvalue weighted by Crippen LogP contribution is 2.52. The Kier molecular flexibility index (Phi) is 4.60. The molecule has 156 valence electrons. The van der Waals surface area contributed by atoms with Crippen LogP contribution in [0.5, 0.6) is 0 Å². The molecule has 5 rings (SSSR count). The third-order valence-corrected chi connectivity index (χ3v) is 6.77. The molecule has 1 aromatic heterocycles. The highest BCUT2D eigenvalue weighted by Gasteiger charge is 2.58. The molecule has 2 amide bonds. The van der Waals surface area contributed by atoms with Crippen molar-refractivity contribution in [3.05, 3.63) is 47.7 Å². The third-order valence-electron chi connectivity index (χ3n) is 6.77. The number of hydrogen-bond donors (Lipinski definition) is 2. The van der Waals surface area contributed by atoms with Crippen molar-refractivity contribution < 1.29 is 14.0 Å². The fraction of sp³-hybridized carbons (Fsp3) is 0.435. The molecule has 7 heteroatoms. The minimum atomic E-state index is -0.138. The van der Waals surface area contributed by atoms with Gasteiger partial charge < -0.3 is 15.1 Å². The number of guanidine groups is 1. The van der Waals surface area contributed by atoms with E-state index in [0.717, 1.165) is 28.7 Å². The van der Waals surface area contributed by atoms with Crippen LogP contribution in [0.15, 0.2) is 45.8 Å². The summed E-state index contributed by atoms with van der Waals surface area (Å²) in [5.74, 6) is 1.67. The Labute approximate surface area is 175 Å². The minimum absolute atomic E-state index is 0.00973. The normalized spacial score (nSPS) is 27.4. The van der Waals surface area contributed by atoms with Crippen molar-refractivity contribution in [1.29, 1.82) is 0 Å². The SMILES string of the molecule is CN=C(NCCN1C(=O)C2C3C=CC(C3)C2C1=O)NCc1oc2ccccc2c1C. The van der Waals surface area contributed by atoms with Crippen LogP contribution in [0.25, 0.3) is 11.0 Å². The zero-order valence-corrected chi connectivity index (χ0v) is 17.2. The van der Waals surface area contributed by atoms with Crippen LogP contribution in [-0.4, -0.2) is 42.8 Å². The summed E-state index contributed by atoms with van der Waals surface area (Å²) in [5.41, 5.74) is 1.98. The number of amides is 2. The first-order chi connectivity index (χ1) is 14.6. The van der Waals surface area contributed by atoms with Gasteiger partial charge in [-0.2, -0.15) is 0 Å². The van der Waals surface area contributed by atoms with E-state index in [1.54, 1.807) is 7.05 Å². The van der Waals surface area contributed by atoms with E-state index in [2.05, 4.69) is 27.8 Å². The zero-order chi connectivity index (χ0) is 20.8. The predicted molar refractivity (Wildman–Crippen MR) is 114 cm³/mol. The molecule has 2 aromatic rings. The van der Waals surface area contributed by atoms with Crippen LogP contribution < -0.4 is 10.6 Å². The van der Waals surface area contributed by atoms with Gasteiger partial charge in [-0.15, -0.1) is 0 Å². The lowest BCUT2D eigenvalue weighted by Crippen LogP contribution is -2.43. The van der Waals surface area contributed by atoms with Gasteiger partial charge in [0.2, 0.25) is 11.8 Å². The number of imide groups is 1. The molecular weight excluding hydrogens is 380 g/mol. The van der Waals surface area contributed by atoms with Crippen molar-refractivity contribution in [1.82, 2.24) is 15.5 Å². The van der Waals surface area contributed by atoms with Gasteiger partial charge in [-0.05, 0) is 31.2 Å². The molecule has 0 spiro atoms. The Morgan fingerprint density at radius 2 is 1.83 bits per heavy atom. The summed E-state index contributed by atoms with van der Waals surface area (Å²) >= 11 is 0. The van der Waals surface area contributed by atoms with Crippen molar-refractivity contribution in [3.63, 3.8) is 0 Å². The van der Waals surface area contributed by atoms with Gasteiger partial charge in [0.05, 0.1) is 18.4 Å². The Morgan fingerprint density at radius 1 is 1.13 bits per heavy atom. The molecule has 1 aliphatic heterocycles. The van der Waals surface area contributed by atoms with E-state index >= 15 is 0 Å². The number of furan rings is 1. The Balaban J connectivity index is 1.16. The highest BCUT2D eigenvalue weighted by molar-refractivity contribution is 6.06. The molecule has 2 aliphatic carbocycles. The number of aliphatic imine (C=N–C) groups is 1. The lowest BCUT2D eigenvalue weighted by molar-refractivity contribution is -0.140. The second kappa shape index (κ2) is 7.31. The molecular formula is C23H26N4O3. The van der Waals surface area contributed by atoms with E-state index in [1.165, 1.54) is 4.90 Å². The minimum Gasteiger partial charge on any atom is -0.459 e.